The second kappa shape index (κ2) is 7.41. The number of hydrogen-bond acceptors (Lipinski definition) is 4. The number of nitrogens with zero attached hydrogens (tertiary/aromatic N) is 2. The molecule has 25 heavy (non-hydrogen) atoms. The molecule has 1 aromatic carbocycles. The summed E-state index contributed by atoms with van der Waals surface area (Å²) in [7, 11) is 3.91. The number of aromatic nitrogens is 2. The van der Waals surface area contributed by atoms with Gasteiger partial charge in [-0.1, -0.05) is 0 Å². The third kappa shape index (κ3) is 4.11. The van der Waals surface area contributed by atoms with E-state index in [1.54, 1.807) is 22.8 Å². The fourth-order valence-electron chi connectivity index (χ4n) is 3.39. The number of aliphatic hydroxyl groups excluding tert-OH is 1. The maximum absolute atomic E-state index is 12.4. The van der Waals surface area contributed by atoms with Crippen molar-refractivity contribution < 1.29 is 9.90 Å². The van der Waals surface area contributed by atoms with Crippen molar-refractivity contribution in [2.75, 3.05) is 27.2 Å². The summed E-state index contributed by atoms with van der Waals surface area (Å²) in [6, 6.07) is 5.27. The quantitative estimate of drug-likeness (QED) is 0.721. The number of benzene rings is 1. The van der Waals surface area contributed by atoms with Gasteiger partial charge in [0.2, 0.25) is 0 Å². The molecule has 0 saturated heterocycles. The first-order chi connectivity index (χ1) is 11.9. The molecular weight excluding hydrogens is 320 g/mol. The number of carbonyl (C=O) groups is 1. The zero-order valence-corrected chi connectivity index (χ0v) is 14.8. The minimum absolute atomic E-state index is 0.143. The molecular formula is C18H26N4O3. The number of H-pyrrole nitrogens is 1. The minimum atomic E-state index is -0.232. The molecule has 3 N–H and O–H groups in total. The molecule has 0 radical (unpaired) electrons. The van der Waals surface area contributed by atoms with Crippen LogP contribution in [0.4, 0.5) is 0 Å². The zero-order chi connectivity index (χ0) is 18.0. The third-order valence-electron chi connectivity index (χ3n) is 4.87. The normalized spacial score (nSPS) is 20.5. The van der Waals surface area contributed by atoms with Gasteiger partial charge < -0.3 is 20.3 Å². The largest absolute Gasteiger partial charge is 0.393 e. The Labute approximate surface area is 146 Å². The fourth-order valence-corrected chi connectivity index (χ4v) is 3.39. The maximum atomic E-state index is 12.4. The molecule has 2 aromatic rings. The highest BCUT2D eigenvalue weighted by Crippen LogP contribution is 2.24. The Hall–Kier alpha value is -2.12. The average molecular weight is 346 g/mol. The van der Waals surface area contributed by atoms with Crippen LogP contribution in [-0.2, 0) is 6.54 Å². The predicted molar refractivity (Wildman–Crippen MR) is 96.8 cm³/mol. The number of aromatic amines is 1. The summed E-state index contributed by atoms with van der Waals surface area (Å²) in [5.41, 5.74) is 1.87. The highest BCUT2D eigenvalue weighted by molar-refractivity contribution is 5.97. The van der Waals surface area contributed by atoms with Crippen LogP contribution in [0.3, 0.4) is 0 Å². The molecule has 0 bridgehead atoms. The lowest BCUT2D eigenvalue weighted by atomic mass is 10.1. The van der Waals surface area contributed by atoms with Gasteiger partial charge in [-0.2, -0.15) is 0 Å². The predicted octanol–water partition coefficient (Wildman–Crippen LogP) is 0.782. The molecule has 1 aliphatic rings. The van der Waals surface area contributed by atoms with Crippen molar-refractivity contribution in [1.29, 1.82) is 0 Å². The minimum Gasteiger partial charge on any atom is -0.393 e. The van der Waals surface area contributed by atoms with E-state index in [0.717, 1.165) is 36.8 Å². The van der Waals surface area contributed by atoms with Gasteiger partial charge in [0, 0.05) is 25.2 Å². The summed E-state index contributed by atoms with van der Waals surface area (Å²) in [5, 5.41) is 12.5. The number of hydrogen-bond donors (Lipinski definition) is 3. The number of fused-ring (bicyclic) bond motifs is 1. The van der Waals surface area contributed by atoms with E-state index in [1.807, 2.05) is 19.0 Å². The second-order valence-corrected chi connectivity index (χ2v) is 7.16. The van der Waals surface area contributed by atoms with Crippen LogP contribution in [0.1, 0.15) is 29.6 Å². The molecule has 1 amide bonds. The number of imidazole rings is 1. The molecule has 1 aliphatic carbocycles. The van der Waals surface area contributed by atoms with Gasteiger partial charge >= 0.3 is 5.69 Å². The van der Waals surface area contributed by atoms with Crippen molar-refractivity contribution >= 4 is 16.9 Å². The molecule has 7 nitrogen and oxygen atoms in total. The summed E-state index contributed by atoms with van der Waals surface area (Å²) in [6.45, 7) is 1.89. The first-order valence-corrected chi connectivity index (χ1v) is 8.77. The maximum Gasteiger partial charge on any atom is 0.326 e. The molecule has 136 valence electrons. The molecule has 3 rings (SSSR count). The Morgan fingerprint density at radius 2 is 2.20 bits per heavy atom. The van der Waals surface area contributed by atoms with E-state index < -0.39 is 0 Å². The van der Waals surface area contributed by atoms with Crippen molar-refractivity contribution in [3.8, 4) is 0 Å². The van der Waals surface area contributed by atoms with Crippen molar-refractivity contribution in [2.24, 2.45) is 5.92 Å². The number of rotatable bonds is 6. The summed E-state index contributed by atoms with van der Waals surface area (Å²) in [5.74, 6) is 0.198. The van der Waals surface area contributed by atoms with Crippen LogP contribution in [0.25, 0.3) is 11.0 Å². The lowest BCUT2D eigenvalue weighted by Crippen LogP contribution is -2.28. The average Bonchev–Trinajstić information content (AvgIpc) is 3.12. The highest BCUT2D eigenvalue weighted by atomic mass is 16.3. The molecule has 0 aliphatic heterocycles. The number of nitrogens with one attached hydrogen (secondary N) is 2. The Balaban J connectivity index is 1.74. The molecule has 1 heterocycles. The van der Waals surface area contributed by atoms with Gasteiger partial charge in [-0.25, -0.2) is 4.79 Å². The molecule has 1 fully saturated rings. The van der Waals surface area contributed by atoms with E-state index in [-0.39, 0.29) is 17.7 Å². The van der Waals surface area contributed by atoms with E-state index in [0.29, 0.717) is 24.6 Å². The first-order valence-electron chi connectivity index (χ1n) is 8.77. The lowest BCUT2D eigenvalue weighted by Gasteiger charge is -2.12. The van der Waals surface area contributed by atoms with Crippen LogP contribution < -0.4 is 11.0 Å². The number of aliphatic hydroxyl groups is 1. The van der Waals surface area contributed by atoms with Gasteiger partial charge in [-0.05, 0) is 57.5 Å². The highest BCUT2D eigenvalue weighted by Gasteiger charge is 2.23. The third-order valence-corrected chi connectivity index (χ3v) is 4.87. The van der Waals surface area contributed by atoms with Crippen molar-refractivity contribution in [1.82, 2.24) is 19.8 Å². The van der Waals surface area contributed by atoms with E-state index in [9.17, 15) is 14.7 Å². The Bertz CT molecular complexity index is 808. The Morgan fingerprint density at radius 3 is 2.88 bits per heavy atom. The van der Waals surface area contributed by atoms with E-state index in [2.05, 4.69) is 10.3 Å². The molecule has 0 spiro atoms. The van der Waals surface area contributed by atoms with Crippen molar-refractivity contribution in [3.05, 3.63) is 34.2 Å². The second-order valence-electron chi connectivity index (χ2n) is 7.16. The number of carbonyl (C=O) groups excluding carboxylic acids is 1. The van der Waals surface area contributed by atoms with E-state index >= 15 is 0 Å². The standard InChI is InChI=1S/C18H26N4O3/c1-21(2)7-8-22-16-10-13(4-6-15(16)20-18(22)25)17(24)19-11-12-3-5-14(23)9-12/h4,6,10,12,14,23H,3,5,7-9,11H2,1-2H3,(H,19,24)(H,20,25). The van der Waals surface area contributed by atoms with Gasteiger partial charge in [0.15, 0.2) is 0 Å². The van der Waals surface area contributed by atoms with E-state index in [4.69, 9.17) is 0 Å². The van der Waals surface area contributed by atoms with Crippen molar-refractivity contribution in [2.45, 2.75) is 31.9 Å². The topological polar surface area (TPSA) is 90.4 Å². The van der Waals surface area contributed by atoms with Gasteiger partial charge in [-0.3, -0.25) is 9.36 Å². The summed E-state index contributed by atoms with van der Waals surface area (Å²) >= 11 is 0. The summed E-state index contributed by atoms with van der Waals surface area (Å²) in [4.78, 5) is 29.4. The van der Waals surface area contributed by atoms with Crippen LogP contribution in [0.15, 0.2) is 23.0 Å². The first kappa shape index (κ1) is 17.7. The van der Waals surface area contributed by atoms with Gasteiger partial charge in [0.05, 0.1) is 17.1 Å². The molecule has 1 aromatic heterocycles. The summed E-state index contributed by atoms with van der Waals surface area (Å²) in [6.07, 6.45) is 2.28. The number of amides is 1. The molecule has 7 heteroatoms. The van der Waals surface area contributed by atoms with Gasteiger partial charge in [-0.15, -0.1) is 0 Å². The Morgan fingerprint density at radius 1 is 1.40 bits per heavy atom. The smallest absolute Gasteiger partial charge is 0.326 e. The van der Waals surface area contributed by atoms with Crippen molar-refractivity contribution in [3.63, 3.8) is 0 Å². The molecule has 2 atom stereocenters. The van der Waals surface area contributed by atoms with Gasteiger partial charge in [0.1, 0.15) is 0 Å². The zero-order valence-electron chi connectivity index (χ0n) is 14.8. The monoisotopic (exact) mass is 346 g/mol. The Kier molecular flexibility index (Phi) is 5.24. The molecule has 2 unspecified atom stereocenters. The lowest BCUT2D eigenvalue weighted by molar-refractivity contribution is 0.0945. The summed E-state index contributed by atoms with van der Waals surface area (Å²) < 4.78 is 1.67. The van der Waals surface area contributed by atoms with Crippen LogP contribution in [-0.4, -0.2) is 58.8 Å². The van der Waals surface area contributed by atoms with Gasteiger partial charge in [0.25, 0.3) is 5.91 Å². The fraction of sp³-hybridized carbons (Fsp3) is 0.556. The van der Waals surface area contributed by atoms with Crippen LogP contribution in [0.2, 0.25) is 0 Å². The van der Waals surface area contributed by atoms with Crippen LogP contribution in [0.5, 0.6) is 0 Å². The number of likely N-dealkylation sites (N-methyl/N-ethyl adjacent to an activating group) is 1. The van der Waals surface area contributed by atoms with E-state index in [1.165, 1.54) is 0 Å². The SMILES string of the molecule is CN(C)CCn1c(=O)[nH]c2ccc(C(=O)NCC3CCC(O)C3)cc21. The van der Waals surface area contributed by atoms with Crippen LogP contribution in [0, 0.1) is 5.92 Å². The molecule has 1 saturated carbocycles. The van der Waals surface area contributed by atoms with Crippen LogP contribution >= 0.6 is 0 Å².